The molecule has 0 fully saturated rings. The molecule has 0 saturated heterocycles. The summed E-state index contributed by atoms with van der Waals surface area (Å²) >= 11 is 0. The smallest absolute Gasteiger partial charge is 0.239 e. The molecule has 1 aromatic carbocycles. The number of ether oxygens (including phenoxy) is 2. The van der Waals surface area contributed by atoms with Gasteiger partial charge in [-0.25, -0.2) is 0 Å². The summed E-state index contributed by atoms with van der Waals surface area (Å²) in [6.07, 6.45) is 0. The number of rotatable bonds is 6. The number of methoxy groups -OCH3 is 2. The maximum absolute atomic E-state index is 11.8. The number of nitrogens with one attached hydrogen (secondary N) is 2. The Kier molecular flexibility index (Phi) is 6.22. The fourth-order valence-electron chi connectivity index (χ4n) is 1.70. The van der Waals surface area contributed by atoms with Crippen molar-refractivity contribution in [1.82, 2.24) is 10.6 Å². The van der Waals surface area contributed by atoms with Crippen LogP contribution in [0.15, 0.2) is 18.2 Å². The van der Waals surface area contributed by atoms with Crippen molar-refractivity contribution in [2.45, 2.75) is 27.3 Å². The summed E-state index contributed by atoms with van der Waals surface area (Å²) < 4.78 is 10.4. The lowest BCUT2D eigenvalue weighted by atomic mass is 9.96. The molecule has 0 atom stereocenters. The highest BCUT2D eigenvalue weighted by Crippen LogP contribution is 2.23. The monoisotopic (exact) mass is 308 g/mol. The first-order valence-corrected chi connectivity index (χ1v) is 7.04. The van der Waals surface area contributed by atoms with E-state index in [0.717, 1.165) is 5.56 Å². The van der Waals surface area contributed by atoms with Gasteiger partial charge in [-0.2, -0.15) is 0 Å². The average Bonchev–Trinajstić information content (AvgIpc) is 2.49. The Bertz CT molecular complexity index is 535. The van der Waals surface area contributed by atoms with Crippen LogP contribution in [0.5, 0.6) is 11.5 Å². The van der Waals surface area contributed by atoms with Crippen LogP contribution in [0.25, 0.3) is 0 Å². The number of amides is 2. The third-order valence-corrected chi connectivity index (χ3v) is 3.05. The third-order valence-electron chi connectivity index (χ3n) is 3.05. The largest absolute Gasteiger partial charge is 0.497 e. The molecular weight excluding hydrogens is 284 g/mol. The molecule has 0 saturated carbocycles. The number of hydrogen-bond acceptors (Lipinski definition) is 4. The Morgan fingerprint density at radius 2 is 1.77 bits per heavy atom. The van der Waals surface area contributed by atoms with Crippen molar-refractivity contribution in [3.8, 4) is 11.5 Å². The standard InChI is InChI=1S/C16H24N2O4/c1-16(2,3)15(20)18-10-14(19)17-9-11-8-12(21-4)6-7-13(11)22-5/h6-8H,9-10H2,1-5H3,(H,17,19)(H,18,20). The van der Waals surface area contributed by atoms with E-state index in [4.69, 9.17) is 9.47 Å². The minimum Gasteiger partial charge on any atom is -0.497 e. The summed E-state index contributed by atoms with van der Waals surface area (Å²) in [5, 5.41) is 5.35. The van der Waals surface area contributed by atoms with Crippen molar-refractivity contribution in [2.75, 3.05) is 20.8 Å². The van der Waals surface area contributed by atoms with Gasteiger partial charge in [-0.05, 0) is 18.2 Å². The van der Waals surface area contributed by atoms with Crippen molar-refractivity contribution in [3.05, 3.63) is 23.8 Å². The van der Waals surface area contributed by atoms with Gasteiger partial charge in [-0.15, -0.1) is 0 Å². The fraction of sp³-hybridized carbons (Fsp3) is 0.500. The second-order valence-corrected chi connectivity index (χ2v) is 5.89. The molecule has 0 heterocycles. The molecule has 6 heteroatoms. The third kappa shape index (κ3) is 5.27. The molecule has 6 nitrogen and oxygen atoms in total. The van der Waals surface area contributed by atoms with E-state index in [1.54, 1.807) is 53.2 Å². The lowest BCUT2D eigenvalue weighted by molar-refractivity contribution is -0.131. The highest BCUT2D eigenvalue weighted by atomic mass is 16.5. The van der Waals surface area contributed by atoms with E-state index in [0.29, 0.717) is 18.0 Å². The normalized spacial score (nSPS) is 10.8. The van der Waals surface area contributed by atoms with Crippen LogP contribution in [0.3, 0.4) is 0 Å². The SMILES string of the molecule is COc1ccc(OC)c(CNC(=O)CNC(=O)C(C)(C)C)c1. The van der Waals surface area contributed by atoms with Crippen LogP contribution in [0.4, 0.5) is 0 Å². The van der Waals surface area contributed by atoms with Crippen molar-refractivity contribution < 1.29 is 19.1 Å². The topological polar surface area (TPSA) is 76.7 Å². The molecule has 0 bridgehead atoms. The molecule has 0 aliphatic rings. The van der Waals surface area contributed by atoms with Crippen LogP contribution < -0.4 is 20.1 Å². The molecule has 2 N–H and O–H groups in total. The summed E-state index contributed by atoms with van der Waals surface area (Å²) in [5.41, 5.74) is 0.286. The molecule has 1 aromatic rings. The molecule has 122 valence electrons. The number of benzene rings is 1. The summed E-state index contributed by atoms with van der Waals surface area (Å²) in [7, 11) is 3.14. The highest BCUT2D eigenvalue weighted by Gasteiger charge is 2.21. The van der Waals surface area contributed by atoms with E-state index in [1.807, 2.05) is 0 Å². The average molecular weight is 308 g/mol. The molecule has 0 aliphatic carbocycles. The van der Waals surface area contributed by atoms with Gasteiger partial charge in [-0.1, -0.05) is 20.8 Å². The van der Waals surface area contributed by atoms with Gasteiger partial charge in [0.05, 0.1) is 20.8 Å². The zero-order chi connectivity index (χ0) is 16.8. The van der Waals surface area contributed by atoms with E-state index in [-0.39, 0.29) is 18.4 Å². The van der Waals surface area contributed by atoms with Crippen LogP contribution in [-0.2, 0) is 16.1 Å². The quantitative estimate of drug-likeness (QED) is 0.834. The van der Waals surface area contributed by atoms with Gasteiger partial charge in [0.1, 0.15) is 11.5 Å². The van der Waals surface area contributed by atoms with Gasteiger partial charge in [0.25, 0.3) is 0 Å². The Hall–Kier alpha value is -2.24. The molecule has 0 radical (unpaired) electrons. The summed E-state index contributed by atoms with van der Waals surface area (Å²) in [4.78, 5) is 23.5. The summed E-state index contributed by atoms with van der Waals surface area (Å²) in [5.74, 6) is 0.926. The van der Waals surface area contributed by atoms with Crippen LogP contribution in [0.2, 0.25) is 0 Å². The first-order valence-electron chi connectivity index (χ1n) is 7.04. The summed E-state index contributed by atoms with van der Waals surface area (Å²) in [6.45, 7) is 5.62. The fourth-order valence-corrected chi connectivity index (χ4v) is 1.70. The Balaban J connectivity index is 2.55. The minimum atomic E-state index is -0.518. The van der Waals surface area contributed by atoms with Gasteiger partial charge in [0.2, 0.25) is 11.8 Å². The maximum Gasteiger partial charge on any atom is 0.239 e. The maximum atomic E-state index is 11.8. The Morgan fingerprint density at radius 1 is 1.09 bits per heavy atom. The molecule has 2 amide bonds. The lowest BCUT2D eigenvalue weighted by Crippen LogP contribution is -2.41. The van der Waals surface area contributed by atoms with Crippen LogP contribution >= 0.6 is 0 Å². The second kappa shape index (κ2) is 7.68. The van der Waals surface area contributed by atoms with Crippen molar-refractivity contribution >= 4 is 11.8 Å². The van der Waals surface area contributed by atoms with Gasteiger partial charge >= 0.3 is 0 Å². The van der Waals surface area contributed by atoms with Gasteiger partial charge in [-0.3, -0.25) is 9.59 Å². The lowest BCUT2D eigenvalue weighted by Gasteiger charge is -2.17. The van der Waals surface area contributed by atoms with Gasteiger partial charge in [0.15, 0.2) is 0 Å². The molecular formula is C16H24N2O4. The minimum absolute atomic E-state index is 0.0532. The second-order valence-electron chi connectivity index (χ2n) is 5.89. The predicted molar refractivity (Wildman–Crippen MR) is 83.9 cm³/mol. The predicted octanol–water partition coefficient (Wildman–Crippen LogP) is 1.48. The molecule has 1 rings (SSSR count). The van der Waals surface area contributed by atoms with E-state index in [2.05, 4.69) is 10.6 Å². The number of carbonyl (C=O) groups excluding carboxylic acids is 2. The molecule has 0 unspecified atom stereocenters. The zero-order valence-corrected chi connectivity index (χ0v) is 13.8. The van der Waals surface area contributed by atoms with E-state index in [1.165, 1.54) is 0 Å². The molecule has 0 spiro atoms. The van der Waals surface area contributed by atoms with E-state index in [9.17, 15) is 9.59 Å². The number of carbonyl (C=O) groups is 2. The molecule has 22 heavy (non-hydrogen) atoms. The highest BCUT2D eigenvalue weighted by molar-refractivity contribution is 5.87. The van der Waals surface area contributed by atoms with Crippen LogP contribution in [0, 0.1) is 5.41 Å². The van der Waals surface area contributed by atoms with E-state index < -0.39 is 5.41 Å². The zero-order valence-electron chi connectivity index (χ0n) is 13.8. The van der Waals surface area contributed by atoms with Crippen LogP contribution in [-0.4, -0.2) is 32.6 Å². The first-order chi connectivity index (χ1) is 10.3. The molecule has 0 aromatic heterocycles. The van der Waals surface area contributed by atoms with Gasteiger partial charge in [0, 0.05) is 17.5 Å². The Labute approximate surface area is 131 Å². The van der Waals surface area contributed by atoms with Crippen molar-refractivity contribution in [2.24, 2.45) is 5.41 Å². The van der Waals surface area contributed by atoms with Gasteiger partial charge < -0.3 is 20.1 Å². The van der Waals surface area contributed by atoms with Crippen molar-refractivity contribution in [1.29, 1.82) is 0 Å². The number of hydrogen-bond donors (Lipinski definition) is 2. The Morgan fingerprint density at radius 3 is 2.32 bits per heavy atom. The molecule has 0 aliphatic heterocycles. The van der Waals surface area contributed by atoms with Crippen molar-refractivity contribution in [3.63, 3.8) is 0 Å². The van der Waals surface area contributed by atoms with Crippen LogP contribution in [0.1, 0.15) is 26.3 Å². The summed E-state index contributed by atoms with van der Waals surface area (Å²) in [6, 6.07) is 5.36. The van der Waals surface area contributed by atoms with E-state index >= 15 is 0 Å². The first kappa shape index (κ1) is 17.8.